The van der Waals surface area contributed by atoms with Gasteiger partial charge in [-0.2, -0.15) is 0 Å². The van der Waals surface area contributed by atoms with E-state index in [1.54, 1.807) is 0 Å². The molecule has 0 aliphatic rings. The van der Waals surface area contributed by atoms with Gasteiger partial charge in [0.15, 0.2) is 12.2 Å². The molecule has 0 aromatic carbocycles. The van der Waals surface area contributed by atoms with Crippen LogP contribution in [0.25, 0.3) is 0 Å². The van der Waals surface area contributed by atoms with Crippen molar-refractivity contribution in [3.05, 3.63) is 0 Å². The van der Waals surface area contributed by atoms with Gasteiger partial charge in [0.05, 0.1) is 26.4 Å². The van der Waals surface area contributed by atoms with Crippen LogP contribution >= 0.6 is 15.6 Å². The van der Waals surface area contributed by atoms with Crippen molar-refractivity contribution in [3.63, 3.8) is 0 Å². The highest BCUT2D eigenvalue weighted by atomic mass is 31.2. The van der Waals surface area contributed by atoms with E-state index < -0.39 is 97.5 Å². The summed E-state index contributed by atoms with van der Waals surface area (Å²) >= 11 is 0. The summed E-state index contributed by atoms with van der Waals surface area (Å²) in [6.07, 6.45) is 48.5. The molecule has 19 heteroatoms. The van der Waals surface area contributed by atoms with Gasteiger partial charge < -0.3 is 33.8 Å². The highest BCUT2D eigenvalue weighted by Gasteiger charge is 2.30. The summed E-state index contributed by atoms with van der Waals surface area (Å²) in [6.45, 7) is 7.21. The van der Waals surface area contributed by atoms with Gasteiger partial charge in [-0.05, 0) is 31.6 Å². The fourth-order valence-electron chi connectivity index (χ4n) is 10.5. The summed E-state index contributed by atoms with van der Waals surface area (Å²) in [5, 5.41) is 10.6. The van der Waals surface area contributed by atoms with Crippen LogP contribution in [0.15, 0.2) is 0 Å². The lowest BCUT2D eigenvalue weighted by molar-refractivity contribution is -0.161. The van der Waals surface area contributed by atoms with E-state index in [2.05, 4.69) is 34.6 Å². The zero-order chi connectivity index (χ0) is 64.9. The van der Waals surface area contributed by atoms with E-state index in [9.17, 15) is 43.2 Å². The first kappa shape index (κ1) is 86.1. The zero-order valence-corrected chi connectivity index (χ0v) is 58.6. The average Bonchev–Trinajstić information content (AvgIpc) is 3.71. The Morgan fingerprint density at radius 2 is 0.523 bits per heavy atom. The van der Waals surface area contributed by atoms with Crippen molar-refractivity contribution in [1.82, 2.24) is 0 Å². The molecule has 17 nitrogen and oxygen atoms in total. The Labute approximate surface area is 537 Å². The van der Waals surface area contributed by atoms with Crippen molar-refractivity contribution in [2.24, 2.45) is 5.92 Å². The molecule has 0 aliphatic carbocycles. The summed E-state index contributed by atoms with van der Waals surface area (Å²) < 4.78 is 68.2. The van der Waals surface area contributed by atoms with Gasteiger partial charge in [-0.1, -0.05) is 304 Å². The van der Waals surface area contributed by atoms with Crippen molar-refractivity contribution in [2.75, 3.05) is 39.6 Å². The molecular formula is C69H134O17P2. The summed E-state index contributed by atoms with van der Waals surface area (Å²) in [6, 6.07) is 0. The Morgan fingerprint density at radius 1 is 0.307 bits per heavy atom. The van der Waals surface area contributed by atoms with Crippen LogP contribution in [-0.4, -0.2) is 96.7 Å². The predicted molar refractivity (Wildman–Crippen MR) is 354 cm³/mol. The number of carbonyl (C=O) groups is 4. The molecule has 0 heterocycles. The van der Waals surface area contributed by atoms with E-state index in [-0.39, 0.29) is 25.7 Å². The minimum absolute atomic E-state index is 0.107. The zero-order valence-electron chi connectivity index (χ0n) is 56.9. The van der Waals surface area contributed by atoms with Crippen molar-refractivity contribution in [1.29, 1.82) is 0 Å². The maximum absolute atomic E-state index is 13.0. The van der Waals surface area contributed by atoms with E-state index in [0.717, 1.165) is 95.8 Å². The van der Waals surface area contributed by atoms with Gasteiger partial charge in [0.1, 0.15) is 19.3 Å². The number of aliphatic hydroxyl groups is 1. The SMILES string of the molecule is CCCCCCCCCCCCCCCCCCC(=O)O[C@H](COC(=O)CCCCCCCCCCCCC(C)C)COP(=O)(O)OC[C@@H](O)COP(=O)(O)OC[C@@H](COC(=O)CCCCCCCCCCC)OC(=O)CCCCCCCCCCCC. The first-order valence-corrected chi connectivity index (χ1v) is 39.1. The lowest BCUT2D eigenvalue weighted by Crippen LogP contribution is -2.30. The van der Waals surface area contributed by atoms with Crippen LogP contribution in [0, 0.1) is 5.92 Å². The molecule has 0 radical (unpaired) electrons. The van der Waals surface area contributed by atoms with E-state index in [1.807, 2.05) is 0 Å². The monoisotopic (exact) mass is 1300 g/mol. The second kappa shape index (κ2) is 62.5. The molecule has 0 saturated heterocycles. The third-order valence-corrected chi connectivity index (χ3v) is 17.9. The molecule has 0 saturated carbocycles. The van der Waals surface area contributed by atoms with Gasteiger partial charge >= 0.3 is 39.5 Å². The number of esters is 4. The highest BCUT2D eigenvalue weighted by Crippen LogP contribution is 2.45. The van der Waals surface area contributed by atoms with Crippen LogP contribution < -0.4 is 0 Å². The van der Waals surface area contributed by atoms with Crippen LogP contribution in [0.1, 0.15) is 356 Å². The fourth-order valence-corrected chi connectivity index (χ4v) is 12.0. The highest BCUT2D eigenvalue weighted by molar-refractivity contribution is 7.47. The summed E-state index contributed by atoms with van der Waals surface area (Å²) in [5.41, 5.74) is 0. The molecule has 0 aliphatic heterocycles. The molecule has 0 aromatic rings. The van der Waals surface area contributed by atoms with Crippen molar-refractivity contribution in [2.45, 2.75) is 374 Å². The van der Waals surface area contributed by atoms with Gasteiger partial charge in [-0.25, -0.2) is 9.13 Å². The minimum Gasteiger partial charge on any atom is -0.462 e. The molecule has 0 aromatic heterocycles. The van der Waals surface area contributed by atoms with Gasteiger partial charge in [-0.3, -0.25) is 37.3 Å². The second-order valence-electron chi connectivity index (χ2n) is 25.4. The van der Waals surface area contributed by atoms with Gasteiger partial charge in [-0.15, -0.1) is 0 Å². The number of carbonyl (C=O) groups excluding carboxylic acids is 4. The molecule has 0 amide bonds. The smallest absolute Gasteiger partial charge is 0.462 e. The molecule has 0 rings (SSSR count). The van der Waals surface area contributed by atoms with Crippen LogP contribution in [-0.2, 0) is 65.4 Å². The molecule has 0 fully saturated rings. The maximum atomic E-state index is 13.0. The normalized spacial score (nSPS) is 14.1. The number of aliphatic hydroxyl groups excluding tert-OH is 1. The number of unbranched alkanes of at least 4 members (excludes halogenated alkanes) is 41. The third kappa shape index (κ3) is 62.8. The lowest BCUT2D eigenvalue weighted by Gasteiger charge is -2.21. The molecular weight excluding hydrogens is 1160 g/mol. The summed E-state index contributed by atoms with van der Waals surface area (Å²) in [5.74, 6) is -1.37. The number of phosphoric acid groups is 2. The number of phosphoric ester groups is 2. The van der Waals surface area contributed by atoms with Crippen molar-refractivity contribution >= 4 is 39.5 Å². The molecule has 5 atom stereocenters. The largest absolute Gasteiger partial charge is 0.472 e. The quantitative estimate of drug-likeness (QED) is 0.0222. The number of rotatable bonds is 69. The van der Waals surface area contributed by atoms with Crippen molar-refractivity contribution in [3.8, 4) is 0 Å². The Hall–Kier alpha value is -1.94. The topological polar surface area (TPSA) is 237 Å². The molecule has 2 unspecified atom stereocenters. The maximum Gasteiger partial charge on any atom is 0.472 e. The standard InChI is InChI=1S/C69H134O17P2/c1-6-9-12-15-18-21-23-24-25-26-27-28-35-40-45-50-55-69(74)86-65(59-80-67(72)53-48-43-38-34-30-29-32-36-41-46-51-62(4)5)61-84-88(77,78)82-57-63(70)56-81-87(75,76)83-60-64(58-79-66(71)52-47-42-37-31-20-17-14-11-8-3)85-68(73)54-49-44-39-33-22-19-16-13-10-7-2/h62-65,70H,6-61H2,1-5H3,(H,75,76)(H,77,78)/t63-,64+,65+/m0/s1. The molecule has 522 valence electrons. The first-order valence-electron chi connectivity index (χ1n) is 36.1. The van der Waals surface area contributed by atoms with Crippen molar-refractivity contribution < 1.29 is 80.2 Å². The van der Waals surface area contributed by atoms with E-state index >= 15 is 0 Å². The molecule has 0 spiro atoms. The Balaban J connectivity index is 5.22. The van der Waals surface area contributed by atoms with Crippen LogP contribution in [0.2, 0.25) is 0 Å². The Kier molecular flexibility index (Phi) is 61.1. The van der Waals surface area contributed by atoms with Crippen LogP contribution in [0.3, 0.4) is 0 Å². The lowest BCUT2D eigenvalue weighted by atomic mass is 10.0. The molecule has 0 bridgehead atoms. The van der Waals surface area contributed by atoms with Crippen LogP contribution in [0.4, 0.5) is 0 Å². The van der Waals surface area contributed by atoms with Gasteiger partial charge in [0, 0.05) is 25.7 Å². The van der Waals surface area contributed by atoms with E-state index in [1.165, 1.54) is 180 Å². The second-order valence-corrected chi connectivity index (χ2v) is 28.3. The fraction of sp³-hybridized carbons (Fsp3) is 0.942. The first-order chi connectivity index (χ1) is 42.5. The number of hydrogen-bond acceptors (Lipinski definition) is 15. The van der Waals surface area contributed by atoms with Gasteiger partial charge in [0.25, 0.3) is 0 Å². The van der Waals surface area contributed by atoms with Crippen LogP contribution in [0.5, 0.6) is 0 Å². The number of ether oxygens (including phenoxy) is 4. The average molecular weight is 1300 g/mol. The van der Waals surface area contributed by atoms with E-state index in [0.29, 0.717) is 25.7 Å². The summed E-state index contributed by atoms with van der Waals surface area (Å²) in [7, 11) is -9.89. The Bertz CT molecular complexity index is 1700. The number of hydrogen-bond donors (Lipinski definition) is 3. The summed E-state index contributed by atoms with van der Waals surface area (Å²) in [4.78, 5) is 72.4. The molecule has 88 heavy (non-hydrogen) atoms. The third-order valence-electron chi connectivity index (χ3n) is 16.0. The predicted octanol–water partition coefficient (Wildman–Crippen LogP) is 19.7. The minimum atomic E-state index is -4.95. The Morgan fingerprint density at radius 3 is 0.773 bits per heavy atom. The van der Waals surface area contributed by atoms with E-state index in [4.69, 9.17) is 37.0 Å². The molecule has 3 N–H and O–H groups in total. The van der Waals surface area contributed by atoms with Gasteiger partial charge in [0.2, 0.25) is 0 Å².